The lowest BCUT2D eigenvalue weighted by molar-refractivity contribution is -0.386. The third kappa shape index (κ3) is 4.15. The number of nitrogens with one attached hydrogen (secondary N) is 1. The van der Waals surface area contributed by atoms with Crippen LogP contribution in [0.3, 0.4) is 0 Å². The Morgan fingerprint density at radius 2 is 2.22 bits per heavy atom. The van der Waals surface area contributed by atoms with Crippen molar-refractivity contribution < 1.29 is 18.4 Å². The molecule has 1 heterocycles. The van der Waals surface area contributed by atoms with Crippen molar-refractivity contribution in [1.82, 2.24) is 9.78 Å². The molecule has 2 rings (SSSR count). The number of benzene rings is 1. The summed E-state index contributed by atoms with van der Waals surface area (Å²) in [4.78, 5) is 10.1. The molecular formula is C14H16F2N4O3. The molecule has 0 amide bonds. The summed E-state index contributed by atoms with van der Waals surface area (Å²) in [5, 5.41) is 18.2. The minimum atomic E-state index is -3.13. The van der Waals surface area contributed by atoms with Crippen LogP contribution in [0.15, 0.2) is 24.4 Å². The third-order valence-corrected chi connectivity index (χ3v) is 3.18. The van der Waals surface area contributed by atoms with Gasteiger partial charge in [0.25, 0.3) is 0 Å². The highest BCUT2D eigenvalue weighted by atomic mass is 19.3. The molecule has 0 bridgehead atoms. The first kappa shape index (κ1) is 16.7. The average molecular weight is 326 g/mol. The number of rotatable bonds is 7. The molecule has 0 aliphatic heterocycles. The van der Waals surface area contributed by atoms with Gasteiger partial charge < -0.3 is 10.1 Å². The minimum absolute atomic E-state index is 0.420. The van der Waals surface area contributed by atoms with Crippen molar-refractivity contribution in [2.24, 2.45) is 7.05 Å². The maximum Gasteiger partial charge on any atom is 0.387 e. The molecule has 2 aromatic rings. The van der Waals surface area contributed by atoms with Crippen molar-refractivity contribution in [2.75, 3.05) is 5.32 Å². The summed E-state index contributed by atoms with van der Waals surface area (Å²) in [7, 11) is 1.81. The Bertz CT molecular complexity index is 703. The number of nitrogens with zero attached hydrogens (tertiary/aromatic N) is 3. The molecule has 0 atom stereocenters. The van der Waals surface area contributed by atoms with Gasteiger partial charge in [0.15, 0.2) is 0 Å². The highest BCUT2D eigenvalue weighted by molar-refractivity contribution is 5.58. The first-order valence-corrected chi connectivity index (χ1v) is 6.89. The van der Waals surface area contributed by atoms with Crippen molar-refractivity contribution in [3.05, 3.63) is 45.8 Å². The summed E-state index contributed by atoms with van der Waals surface area (Å²) in [6.45, 7) is -0.733. The molecule has 0 radical (unpaired) electrons. The second-order valence-corrected chi connectivity index (χ2v) is 4.80. The average Bonchev–Trinajstić information content (AvgIpc) is 2.84. The molecular weight excluding hydrogens is 310 g/mol. The van der Waals surface area contributed by atoms with Crippen molar-refractivity contribution in [1.29, 1.82) is 0 Å². The van der Waals surface area contributed by atoms with E-state index in [4.69, 9.17) is 0 Å². The van der Waals surface area contributed by atoms with Gasteiger partial charge >= 0.3 is 12.3 Å². The van der Waals surface area contributed by atoms with Crippen LogP contribution < -0.4 is 10.1 Å². The number of nitro benzene ring substituents is 1. The van der Waals surface area contributed by atoms with Gasteiger partial charge in [-0.1, -0.05) is 6.92 Å². The Balaban J connectivity index is 2.18. The number of aryl methyl sites for hydroxylation is 2. The first-order valence-electron chi connectivity index (χ1n) is 6.89. The number of halogens is 2. The SMILES string of the molecule is CCc1nn(C)cc1CNc1ccc([N+](=O)[O-])c(OC(F)F)c1. The quantitative estimate of drug-likeness (QED) is 0.624. The fourth-order valence-corrected chi connectivity index (χ4v) is 2.19. The molecule has 0 aliphatic rings. The normalized spacial score (nSPS) is 10.8. The third-order valence-electron chi connectivity index (χ3n) is 3.18. The van der Waals surface area contributed by atoms with E-state index in [0.717, 1.165) is 23.7 Å². The molecule has 1 aromatic heterocycles. The fraction of sp³-hybridized carbons (Fsp3) is 0.357. The van der Waals surface area contributed by atoms with Crippen LogP contribution in [0.4, 0.5) is 20.2 Å². The molecule has 124 valence electrons. The van der Waals surface area contributed by atoms with Gasteiger partial charge in [-0.15, -0.1) is 0 Å². The Morgan fingerprint density at radius 3 is 2.83 bits per heavy atom. The van der Waals surface area contributed by atoms with Crippen molar-refractivity contribution in [2.45, 2.75) is 26.5 Å². The summed E-state index contributed by atoms with van der Waals surface area (Å²) in [5.41, 5.74) is 1.82. The lowest BCUT2D eigenvalue weighted by atomic mass is 10.2. The molecule has 0 unspecified atom stereocenters. The first-order chi connectivity index (χ1) is 10.9. The van der Waals surface area contributed by atoms with E-state index in [0.29, 0.717) is 12.2 Å². The molecule has 7 nitrogen and oxygen atoms in total. The maximum absolute atomic E-state index is 12.4. The minimum Gasteiger partial charge on any atom is -0.427 e. The van der Waals surface area contributed by atoms with E-state index in [-0.39, 0.29) is 0 Å². The smallest absolute Gasteiger partial charge is 0.387 e. The summed E-state index contributed by atoms with van der Waals surface area (Å²) in [6, 6.07) is 3.76. The standard InChI is InChI=1S/C14H16F2N4O3/c1-3-11-9(8-19(2)18-11)7-17-10-4-5-12(20(21)22)13(6-10)23-14(15)16/h4-6,8,14,17H,3,7H2,1-2H3. The molecule has 0 spiro atoms. The van der Waals surface area contributed by atoms with E-state index in [2.05, 4.69) is 15.2 Å². The second kappa shape index (κ2) is 7.03. The van der Waals surface area contributed by atoms with E-state index in [9.17, 15) is 18.9 Å². The van der Waals surface area contributed by atoms with Crippen LogP contribution >= 0.6 is 0 Å². The number of hydrogen-bond acceptors (Lipinski definition) is 5. The van der Waals surface area contributed by atoms with Crippen LogP contribution in [0, 0.1) is 10.1 Å². The van der Waals surface area contributed by atoms with Gasteiger partial charge in [0, 0.05) is 43.2 Å². The van der Waals surface area contributed by atoms with Crippen LogP contribution in [-0.2, 0) is 20.0 Å². The second-order valence-electron chi connectivity index (χ2n) is 4.80. The van der Waals surface area contributed by atoms with Crippen LogP contribution in [0.25, 0.3) is 0 Å². The van der Waals surface area contributed by atoms with Crippen molar-refractivity contribution in [3.63, 3.8) is 0 Å². The van der Waals surface area contributed by atoms with Crippen LogP contribution in [-0.4, -0.2) is 21.3 Å². The van der Waals surface area contributed by atoms with Crippen LogP contribution in [0.1, 0.15) is 18.2 Å². The lowest BCUT2D eigenvalue weighted by Gasteiger charge is -2.09. The molecule has 9 heteroatoms. The molecule has 1 N–H and O–H groups in total. The topological polar surface area (TPSA) is 82.2 Å². The van der Waals surface area contributed by atoms with Gasteiger partial charge in [-0.25, -0.2) is 0 Å². The van der Waals surface area contributed by atoms with E-state index in [1.807, 2.05) is 20.2 Å². The van der Waals surface area contributed by atoms with Gasteiger partial charge in [0.1, 0.15) is 0 Å². The molecule has 0 saturated carbocycles. The zero-order valence-corrected chi connectivity index (χ0v) is 12.6. The number of anilines is 1. The van der Waals surface area contributed by atoms with Gasteiger partial charge in [-0.2, -0.15) is 13.9 Å². The van der Waals surface area contributed by atoms with Gasteiger partial charge in [-0.3, -0.25) is 14.8 Å². The molecule has 0 saturated heterocycles. The number of alkyl halides is 2. The Hall–Kier alpha value is -2.71. The largest absolute Gasteiger partial charge is 0.427 e. The Kier molecular flexibility index (Phi) is 5.09. The van der Waals surface area contributed by atoms with Gasteiger partial charge in [-0.05, 0) is 12.5 Å². The Morgan fingerprint density at radius 1 is 1.48 bits per heavy atom. The summed E-state index contributed by atoms with van der Waals surface area (Å²) < 4.78 is 30.7. The predicted molar refractivity (Wildman–Crippen MR) is 79.6 cm³/mol. The summed E-state index contributed by atoms with van der Waals surface area (Å²) >= 11 is 0. The molecule has 0 aliphatic carbocycles. The lowest BCUT2D eigenvalue weighted by Crippen LogP contribution is -2.06. The van der Waals surface area contributed by atoms with Crippen molar-refractivity contribution in [3.8, 4) is 5.75 Å². The van der Waals surface area contributed by atoms with E-state index >= 15 is 0 Å². The summed E-state index contributed by atoms with van der Waals surface area (Å²) in [6.07, 6.45) is 2.62. The molecule has 23 heavy (non-hydrogen) atoms. The zero-order valence-electron chi connectivity index (χ0n) is 12.6. The van der Waals surface area contributed by atoms with Gasteiger partial charge in [0.2, 0.25) is 5.75 Å². The number of aromatic nitrogens is 2. The number of ether oxygens (including phenoxy) is 1. The number of hydrogen-bond donors (Lipinski definition) is 1. The van der Waals surface area contributed by atoms with Crippen LogP contribution in [0.2, 0.25) is 0 Å². The highest BCUT2D eigenvalue weighted by Crippen LogP contribution is 2.31. The van der Waals surface area contributed by atoms with E-state index < -0.39 is 23.0 Å². The van der Waals surface area contributed by atoms with Crippen LogP contribution in [0.5, 0.6) is 5.75 Å². The van der Waals surface area contributed by atoms with Crippen molar-refractivity contribution >= 4 is 11.4 Å². The van der Waals surface area contributed by atoms with Gasteiger partial charge in [0.05, 0.1) is 10.6 Å². The number of nitro groups is 1. The van der Waals surface area contributed by atoms with E-state index in [1.54, 1.807) is 4.68 Å². The molecule has 0 fully saturated rings. The predicted octanol–water partition coefficient (Wildman–Crippen LogP) is 3.10. The molecule has 1 aromatic carbocycles. The zero-order chi connectivity index (χ0) is 17.0. The highest BCUT2D eigenvalue weighted by Gasteiger charge is 2.19. The maximum atomic E-state index is 12.4. The Labute approximate surface area is 131 Å². The fourth-order valence-electron chi connectivity index (χ4n) is 2.19. The van der Waals surface area contributed by atoms with E-state index in [1.165, 1.54) is 12.1 Å². The summed E-state index contributed by atoms with van der Waals surface area (Å²) in [5.74, 6) is -0.475. The monoisotopic (exact) mass is 326 g/mol.